The van der Waals surface area contributed by atoms with E-state index in [9.17, 15) is 4.79 Å². The van der Waals surface area contributed by atoms with Crippen LogP contribution in [0.5, 0.6) is 0 Å². The number of imidazole rings is 1. The number of nitrogens with two attached hydrogens (primary N) is 1. The zero-order valence-electron chi connectivity index (χ0n) is 14.8. The molecule has 0 saturated carbocycles. The van der Waals surface area contributed by atoms with Crippen LogP contribution in [-0.4, -0.2) is 21.5 Å². The second-order valence-electron chi connectivity index (χ2n) is 6.95. The summed E-state index contributed by atoms with van der Waals surface area (Å²) in [7, 11) is 2.02. The number of aryl methyl sites for hydroxylation is 1. The highest BCUT2D eigenvalue weighted by molar-refractivity contribution is 6.31. The van der Waals surface area contributed by atoms with Gasteiger partial charge in [0.1, 0.15) is 5.82 Å². The van der Waals surface area contributed by atoms with Gasteiger partial charge in [-0.25, -0.2) is 4.98 Å². The number of para-hydroxylation sites is 1. The van der Waals surface area contributed by atoms with Gasteiger partial charge in [-0.1, -0.05) is 29.8 Å². The molecule has 6 heteroatoms. The Kier molecular flexibility index (Phi) is 4.11. The van der Waals surface area contributed by atoms with E-state index in [0.29, 0.717) is 18.0 Å². The molecule has 0 aliphatic carbocycles. The van der Waals surface area contributed by atoms with Crippen molar-refractivity contribution in [1.29, 1.82) is 0 Å². The normalized spacial score (nSPS) is 19.6. The van der Waals surface area contributed by atoms with Gasteiger partial charge in [0.15, 0.2) is 0 Å². The molecule has 2 aromatic carbocycles. The van der Waals surface area contributed by atoms with Crippen molar-refractivity contribution in [3.63, 3.8) is 0 Å². The average Bonchev–Trinajstić information content (AvgIpc) is 2.92. The Morgan fingerprint density at radius 1 is 1.31 bits per heavy atom. The molecule has 0 spiro atoms. The minimum absolute atomic E-state index is 0.186. The third kappa shape index (κ3) is 2.72. The molecule has 0 fully saturated rings. The fourth-order valence-corrected chi connectivity index (χ4v) is 4.07. The number of primary amides is 1. The summed E-state index contributed by atoms with van der Waals surface area (Å²) in [5, 5.41) is 0.683. The molecule has 0 bridgehead atoms. The molecule has 2 N–H and O–H groups in total. The highest BCUT2D eigenvalue weighted by Gasteiger charge is 2.33. The van der Waals surface area contributed by atoms with Crippen LogP contribution in [0.2, 0.25) is 5.02 Å². The van der Waals surface area contributed by atoms with Crippen molar-refractivity contribution in [1.82, 2.24) is 9.55 Å². The van der Waals surface area contributed by atoms with E-state index >= 15 is 0 Å². The molecule has 134 valence electrons. The van der Waals surface area contributed by atoms with Crippen LogP contribution in [0.1, 0.15) is 30.7 Å². The lowest BCUT2D eigenvalue weighted by Crippen LogP contribution is -2.41. The molecule has 26 heavy (non-hydrogen) atoms. The topological polar surface area (TPSA) is 64.2 Å². The third-order valence-electron chi connectivity index (χ3n) is 5.32. The fraction of sp³-hybridized carbons (Fsp3) is 0.300. The quantitative estimate of drug-likeness (QED) is 0.768. The van der Waals surface area contributed by atoms with E-state index in [2.05, 4.69) is 22.5 Å². The first-order valence-corrected chi connectivity index (χ1v) is 9.09. The summed E-state index contributed by atoms with van der Waals surface area (Å²) < 4.78 is 2.10. The molecule has 3 aromatic rings. The van der Waals surface area contributed by atoms with Crippen molar-refractivity contribution in [3.8, 4) is 0 Å². The SMILES string of the molecule is C[C@H]1C[C@@H](C(N)=O)c2ccccc2N1Cc1nc2cc(Cl)ccc2n1C. The monoisotopic (exact) mass is 368 g/mol. The van der Waals surface area contributed by atoms with Crippen molar-refractivity contribution in [3.05, 3.63) is 58.9 Å². The second-order valence-corrected chi connectivity index (χ2v) is 7.38. The van der Waals surface area contributed by atoms with E-state index in [1.54, 1.807) is 0 Å². The minimum Gasteiger partial charge on any atom is -0.369 e. The van der Waals surface area contributed by atoms with Gasteiger partial charge in [0.05, 0.1) is 23.5 Å². The molecule has 1 aliphatic heterocycles. The number of anilines is 1. The Balaban J connectivity index is 1.75. The van der Waals surface area contributed by atoms with Crippen LogP contribution in [-0.2, 0) is 18.4 Å². The highest BCUT2D eigenvalue weighted by Crippen LogP contribution is 2.39. The molecule has 1 aliphatic rings. The van der Waals surface area contributed by atoms with Crippen LogP contribution < -0.4 is 10.6 Å². The number of hydrogen-bond acceptors (Lipinski definition) is 3. The van der Waals surface area contributed by atoms with E-state index in [4.69, 9.17) is 22.3 Å². The van der Waals surface area contributed by atoms with E-state index < -0.39 is 0 Å². The van der Waals surface area contributed by atoms with E-state index in [0.717, 1.165) is 28.1 Å². The minimum atomic E-state index is -0.263. The van der Waals surface area contributed by atoms with Crippen LogP contribution in [0, 0.1) is 0 Å². The molecule has 1 amide bonds. The van der Waals surface area contributed by atoms with Crippen molar-refractivity contribution in [2.75, 3.05) is 4.90 Å². The molecule has 2 atom stereocenters. The lowest BCUT2D eigenvalue weighted by molar-refractivity contribution is -0.119. The average molecular weight is 369 g/mol. The zero-order valence-corrected chi connectivity index (χ0v) is 15.6. The van der Waals surface area contributed by atoms with Gasteiger partial charge in [0, 0.05) is 23.8 Å². The van der Waals surface area contributed by atoms with Gasteiger partial charge < -0.3 is 15.2 Å². The molecule has 1 aromatic heterocycles. The van der Waals surface area contributed by atoms with Gasteiger partial charge in [0.2, 0.25) is 5.91 Å². The summed E-state index contributed by atoms with van der Waals surface area (Å²) in [6.07, 6.45) is 0.710. The van der Waals surface area contributed by atoms with Crippen molar-refractivity contribution >= 4 is 34.2 Å². The highest BCUT2D eigenvalue weighted by atomic mass is 35.5. The van der Waals surface area contributed by atoms with Crippen molar-refractivity contribution in [2.45, 2.75) is 31.8 Å². The molecule has 5 nitrogen and oxygen atoms in total. The van der Waals surface area contributed by atoms with E-state index in [1.165, 1.54) is 0 Å². The lowest BCUT2D eigenvalue weighted by atomic mass is 9.85. The maximum atomic E-state index is 11.9. The second kappa shape index (κ2) is 6.32. The summed E-state index contributed by atoms with van der Waals surface area (Å²) in [5.74, 6) is 0.458. The van der Waals surface area contributed by atoms with Crippen LogP contribution in [0.15, 0.2) is 42.5 Å². The molecular formula is C20H21ClN4O. The molecule has 0 radical (unpaired) electrons. The van der Waals surface area contributed by atoms with Gasteiger partial charge in [0.25, 0.3) is 0 Å². The van der Waals surface area contributed by atoms with Crippen molar-refractivity contribution in [2.24, 2.45) is 12.8 Å². The van der Waals surface area contributed by atoms with Crippen LogP contribution >= 0.6 is 11.6 Å². The molecule has 0 saturated heterocycles. The summed E-state index contributed by atoms with van der Waals surface area (Å²) in [4.78, 5) is 19.0. The Labute approximate surface area is 157 Å². The molecule has 2 heterocycles. The third-order valence-corrected chi connectivity index (χ3v) is 5.56. The number of nitrogens with zero attached hydrogens (tertiary/aromatic N) is 3. The fourth-order valence-electron chi connectivity index (χ4n) is 3.90. The summed E-state index contributed by atoms with van der Waals surface area (Å²) in [5.41, 5.74) is 9.65. The maximum Gasteiger partial charge on any atom is 0.225 e. The standard InChI is InChI=1S/C20H21ClN4O/c1-12-9-15(20(22)26)14-5-3-4-6-17(14)25(12)11-19-23-16-10-13(21)7-8-18(16)24(19)2/h3-8,10,12,15H,9,11H2,1-2H3,(H2,22,26)/t12-,15+/m0/s1. The first kappa shape index (κ1) is 16.9. The Bertz CT molecular complexity index is 997. The van der Waals surface area contributed by atoms with Gasteiger partial charge >= 0.3 is 0 Å². The summed E-state index contributed by atoms with van der Waals surface area (Å²) in [6.45, 7) is 2.79. The predicted molar refractivity (Wildman–Crippen MR) is 104 cm³/mol. The summed E-state index contributed by atoms with van der Waals surface area (Å²) >= 11 is 6.10. The molecule has 0 unspecified atom stereocenters. The predicted octanol–water partition coefficient (Wildman–Crippen LogP) is 3.59. The number of halogens is 1. The van der Waals surface area contributed by atoms with Gasteiger partial charge in [-0.05, 0) is 43.2 Å². The molecular weight excluding hydrogens is 348 g/mol. The first-order valence-electron chi connectivity index (χ1n) is 8.71. The van der Waals surface area contributed by atoms with Crippen LogP contribution in [0.25, 0.3) is 11.0 Å². The number of carbonyl (C=O) groups is 1. The number of aromatic nitrogens is 2. The van der Waals surface area contributed by atoms with Gasteiger partial charge in [-0.2, -0.15) is 0 Å². The maximum absolute atomic E-state index is 11.9. The number of amides is 1. The Morgan fingerprint density at radius 3 is 2.85 bits per heavy atom. The molecule has 4 rings (SSSR count). The number of benzene rings is 2. The van der Waals surface area contributed by atoms with Gasteiger partial charge in [-0.15, -0.1) is 0 Å². The largest absolute Gasteiger partial charge is 0.369 e. The van der Waals surface area contributed by atoms with E-state index in [1.807, 2.05) is 43.4 Å². The van der Waals surface area contributed by atoms with Gasteiger partial charge in [-0.3, -0.25) is 4.79 Å². The Morgan fingerprint density at radius 2 is 2.08 bits per heavy atom. The van der Waals surface area contributed by atoms with E-state index in [-0.39, 0.29) is 17.9 Å². The lowest BCUT2D eigenvalue weighted by Gasteiger charge is -2.39. The number of fused-ring (bicyclic) bond motifs is 2. The van der Waals surface area contributed by atoms with Crippen LogP contribution in [0.4, 0.5) is 5.69 Å². The number of carbonyl (C=O) groups excluding carboxylic acids is 1. The number of rotatable bonds is 3. The number of hydrogen-bond donors (Lipinski definition) is 1. The summed E-state index contributed by atoms with van der Waals surface area (Å²) in [6, 6.07) is 14.0. The first-order chi connectivity index (χ1) is 12.5. The Hall–Kier alpha value is -2.53. The van der Waals surface area contributed by atoms with Crippen LogP contribution in [0.3, 0.4) is 0 Å². The smallest absolute Gasteiger partial charge is 0.225 e. The zero-order chi connectivity index (χ0) is 18.4. The van der Waals surface area contributed by atoms with Crippen molar-refractivity contribution < 1.29 is 4.79 Å².